The van der Waals surface area contributed by atoms with E-state index in [0.29, 0.717) is 34.6 Å². The van der Waals surface area contributed by atoms with Crippen molar-refractivity contribution < 1.29 is 9.59 Å². The van der Waals surface area contributed by atoms with E-state index in [1.54, 1.807) is 12.1 Å². The monoisotopic (exact) mass is 506 g/mol. The molecule has 1 aliphatic rings. The Labute approximate surface area is 228 Å². The van der Waals surface area contributed by atoms with Gasteiger partial charge in [-0.05, 0) is 62.7 Å². The van der Waals surface area contributed by atoms with Gasteiger partial charge >= 0.3 is 0 Å². The van der Waals surface area contributed by atoms with Crippen LogP contribution in [0.3, 0.4) is 0 Å². The molecule has 0 fully saturated rings. The molecular weight excluding hydrogens is 452 g/mol. The maximum atomic E-state index is 13.2. The van der Waals surface area contributed by atoms with Crippen LogP contribution < -0.4 is 0 Å². The third-order valence-corrected chi connectivity index (χ3v) is 8.19. The van der Waals surface area contributed by atoms with Crippen molar-refractivity contribution in [1.29, 1.82) is 0 Å². The molecular formula is C35H54O2. The quantitative estimate of drug-likeness (QED) is 0.197. The summed E-state index contributed by atoms with van der Waals surface area (Å²) in [7, 11) is 0. The van der Waals surface area contributed by atoms with Crippen LogP contribution in [0, 0.1) is 23.7 Å². The molecule has 2 heteroatoms. The van der Waals surface area contributed by atoms with Gasteiger partial charge in [-0.15, -0.1) is 0 Å². The summed E-state index contributed by atoms with van der Waals surface area (Å²) in [5.74, 6) is 3.15. The van der Waals surface area contributed by atoms with E-state index in [-0.39, 0.29) is 11.6 Å². The zero-order chi connectivity index (χ0) is 27.4. The first-order chi connectivity index (χ1) is 17.6. The minimum absolute atomic E-state index is 0.00500. The van der Waals surface area contributed by atoms with Crippen LogP contribution in [0.2, 0.25) is 0 Å². The van der Waals surface area contributed by atoms with Gasteiger partial charge in [0.1, 0.15) is 0 Å². The Kier molecular flexibility index (Phi) is 13.6. The van der Waals surface area contributed by atoms with Crippen molar-refractivity contribution in [1.82, 2.24) is 0 Å². The highest BCUT2D eigenvalue weighted by atomic mass is 16.1. The molecule has 2 rings (SSSR count). The number of rotatable bonds is 17. The molecule has 2 atom stereocenters. The number of allylic oxidation sites excluding steroid dienone is 4. The second kappa shape index (κ2) is 16.1. The normalized spacial score (nSPS) is 16.1. The molecule has 0 saturated carbocycles. The van der Waals surface area contributed by atoms with Gasteiger partial charge in [-0.1, -0.05) is 122 Å². The molecule has 0 radical (unpaired) electrons. The molecule has 0 aliphatic heterocycles. The lowest BCUT2D eigenvalue weighted by atomic mass is 9.83. The average molecular weight is 507 g/mol. The summed E-state index contributed by atoms with van der Waals surface area (Å²) < 4.78 is 0. The Balaban J connectivity index is 1.87. The topological polar surface area (TPSA) is 34.1 Å². The molecule has 1 aliphatic carbocycles. The summed E-state index contributed by atoms with van der Waals surface area (Å²) in [6.45, 7) is 15.9. The number of benzene rings is 1. The highest BCUT2D eigenvalue weighted by Crippen LogP contribution is 2.30. The van der Waals surface area contributed by atoms with Gasteiger partial charge in [0.05, 0.1) is 0 Å². The summed E-state index contributed by atoms with van der Waals surface area (Å²) in [5.41, 5.74) is 3.88. The van der Waals surface area contributed by atoms with Gasteiger partial charge in [-0.25, -0.2) is 0 Å². The summed E-state index contributed by atoms with van der Waals surface area (Å²) in [4.78, 5) is 26.0. The summed E-state index contributed by atoms with van der Waals surface area (Å²) in [5, 5.41) is 0. The highest BCUT2D eigenvalue weighted by Gasteiger charge is 2.28. The van der Waals surface area contributed by atoms with Crippen molar-refractivity contribution in [2.24, 2.45) is 23.7 Å². The average Bonchev–Trinajstić information content (AvgIpc) is 2.85. The lowest BCUT2D eigenvalue weighted by Crippen LogP contribution is -2.20. The highest BCUT2D eigenvalue weighted by molar-refractivity contribution is 6.26. The molecule has 0 amide bonds. The van der Waals surface area contributed by atoms with E-state index in [0.717, 1.165) is 30.6 Å². The first-order valence-corrected chi connectivity index (χ1v) is 15.2. The first kappa shape index (κ1) is 31.3. The van der Waals surface area contributed by atoms with E-state index >= 15 is 0 Å². The molecule has 0 heterocycles. The molecule has 0 saturated heterocycles. The van der Waals surface area contributed by atoms with Crippen molar-refractivity contribution in [2.75, 3.05) is 0 Å². The number of carbonyl (C=O) groups excluding carboxylic acids is 2. The van der Waals surface area contributed by atoms with E-state index < -0.39 is 0 Å². The van der Waals surface area contributed by atoms with Gasteiger partial charge < -0.3 is 0 Å². The van der Waals surface area contributed by atoms with E-state index in [1.807, 2.05) is 19.1 Å². The molecule has 1 aromatic carbocycles. The Morgan fingerprint density at radius 3 is 1.76 bits per heavy atom. The van der Waals surface area contributed by atoms with Crippen LogP contribution in [0.25, 0.3) is 0 Å². The third kappa shape index (κ3) is 10.7. The molecule has 0 aromatic heterocycles. The van der Waals surface area contributed by atoms with Crippen molar-refractivity contribution in [3.05, 3.63) is 58.2 Å². The van der Waals surface area contributed by atoms with E-state index in [9.17, 15) is 9.59 Å². The van der Waals surface area contributed by atoms with Crippen molar-refractivity contribution in [3.63, 3.8) is 0 Å². The second-order valence-electron chi connectivity index (χ2n) is 12.7. The predicted octanol–water partition coefficient (Wildman–Crippen LogP) is 10.6. The molecule has 0 N–H and O–H groups in total. The molecule has 2 nitrogen and oxygen atoms in total. The van der Waals surface area contributed by atoms with Gasteiger partial charge in [-0.2, -0.15) is 0 Å². The van der Waals surface area contributed by atoms with Gasteiger partial charge in [0.25, 0.3) is 0 Å². The summed E-state index contributed by atoms with van der Waals surface area (Å²) in [6, 6.07) is 7.25. The molecule has 37 heavy (non-hydrogen) atoms. The molecule has 0 spiro atoms. The van der Waals surface area contributed by atoms with Gasteiger partial charge in [-0.3, -0.25) is 9.59 Å². The number of Topliss-reactive ketones (excluding diaryl/α,β-unsaturated/α-hetero) is 2. The fourth-order valence-electron chi connectivity index (χ4n) is 5.50. The van der Waals surface area contributed by atoms with Gasteiger partial charge in [0.2, 0.25) is 0 Å². The summed E-state index contributed by atoms with van der Waals surface area (Å²) in [6.07, 6.45) is 16.9. The van der Waals surface area contributed by atoms with Crippen molar-refractivity contribution >= 4 is 11.6 Å². The van der Waals surface area contributed by atoms with Crippen LogP contribution >= 0.6 is 0 Å². The van der Waals surface area contributed by atoms with Gasteiger partial charge in [0.15, 0.2) is 11.6 Å². The number of ketones is 2. The van der Waals surface area contributed by atoms with Crippen molar-refractivity contribution in [2.45, 2.75) is 126 Å². The number of hydrogen-bond acceptors (Lipinski definition) is 2. The number of carbonyl (C=O) groups is 2. The molecule has 0 bridgehead atoms. The van der Waals surface area contributed by atoms with E-state index in [2.05, 4.69) is 47.6 Å². The molecule has 2 unspecified atom stereocenters. The predicted molar refractivity (Wildman–Crippen MR) is 159 cm³/mol. The van der Waals surface area contributed by atoms with Crippen LogP contribution in [-0.2, 0) is 0 Å². The second-order valence-corrected chi connectivity index (χ2v) is 12.7. The molecule has 1 aromatic rings. The Hall–Kier alpha value is -1.96. The number of hydrogen-bond donors (Lipinski definition) is 0. The zero-order valence-electron chi connectivity index (χ0n) is 25.0. The van der Waals surface area contributed by atoms with Crippen LogP contribution in [0.15, 0.2) is 47.1 Å². The minimum Gasteiger partial charge on any atom is -0.289 e. The largest absolute Gasteiger partial charge is 0.289 e. The number of fused-ring (bicyclic) bond motifs is 1. The smallest absolute Gasteiger partial charge is 0.190 e. The van der Waals surface area contributed by atoms with Crippen LogP contribution in [-0.4, -0.2) is 11.6 Å². The van der Waals surface area contributed by atoms with Crippen LogP contribution in [0.1, 0.15) is 146 Å². The first-order valence-electron chi connectivity index (χ1n) is 15.2. The van der Waals surface area contributed by atoms with E-state index in [1.165, 1.54) is 63.4 Å². The lowest BCUT2D eigenvalue weighted by molar-refractivity contribution is 0.0973. The SMILES string of the molecule is CC1=C(C/C=C(\CCCC(C)CCCC(C)CCCC(C)C)CCC(C)C)C(=O)c2ccccc2C1=O. The van der Waals surface area contributed by atoms with Crippen molar-refractivity contribution in [3.8, 4) is 0 Å². The minimum atomic E-state index is 0.00500. The Morgan fingerprint density at radius 1 is 0.676 bits per heavy atom. The third-order valence-electron chi connectivity index (χ3n) is 8.19. The maximum absolute atomic E-state index is 13.2. The van der Waals surface area contributed by atoms with Crippen LogP contribution in [0.4, 0.5) is 0 Å². The maximum Gasteiger partial charge on any atom is 0.190 e. The Bertz CT molecular complexity index is 930. The standard InChI is InChI=1S/C35H54O2/c1-25(2)13-10-14-27(5)15-11-16-28(6)17-12-18-30(22-21-26(3)4)23-24-31-29(7)34(36)32-19-8-9-20-33(32)35(31)37/h8-9,19-20,23,25-28H,10-18,21-22,24H2,1-7H3/b30-23+. The molecule has 206 valence electrons. The summed E-state index contributed by atoms with van der Waals surface area (Å²) >= 11 is 0. The lowest BCUT2D eigenvalue weighted by Gasteiger charge is -2.19. The van der Waals surface area contributed by atoms with Gasteiger partial charge in [0, 0.05) is 22.3 Å². The van der Waals surface area contributed by atoms with E-state index in [4.69, 9.17) is 0 Å². The van der Waals surface area contributed by atoms with Crippen LogP contribution in [0.5, 0.6) is 0 Å². The fourth-order valence-corrected chi connectivity index (χ4v) is 5.50. The Morgan fingerprint density at radius 2 is 1.19 bits per heavy atom. The zero-order valence-corrected chi connectivity index (χ0v) is 25.0. The fraction of sp³-hybridized carbons (Fsp3) is 0.657.